The lowest BCUT2D eigenvalue weighted by atomic mass is 10.2. The molecule has 1 amide bonds. The summed E-state index contributed by atoms with van der Waals surface area (Å²) >= 11 is 6.54. The van der Waals surface area contributed by atoms with E-state index in [4.69, 9.17) is 12.2 Å². The molecule has 1 aliphatic heterocycles. The molecule has 118 valence electrons. The minimum absolute atomic E-state index is 0.0121. The lowest BCUT2D eigenvalue weighted by Gasteiger charge is -2.17. The highest BCUT2D eigenvalue weighted by atomic mass is 32.2. The van der Waals surface area contributed by atoms with Crippen molar-refractivity contribution >= 4 is 45.6 Å². The van der Waals surface area contributed by atoms with Crippen LogP contribution in [0.3, 0.4) is 0 Å². The van der Waals surface area contributed by atoms with E-state index < -0.39 is 5.25 Å². The molecule has 0 spiro atoms. The van der Waals surface area contributed by atoms with Crippen molar-refractivity contribution in [2.24, 2.45) is 0 Å². The zero-order chi connectivity index (χ0) is 16.4. The molecule has 7 heteroatoms. The monoisotopic (exact) mass is 346 g/mol. The van der Waals surface area contributed by atoms with E-state index in [0.29, 0.717) is 22.2 Å². The van der Waals surface area contributed by atoms with Crippen LogP contribution in [0.2, 0.25) is 0 Å². The van der Waals surface area contributed by atoms with E-state index in [2.05, 4.69) is 5.32 Å². The molecule has 0 aromatic heterocycles. The fourth-order valence-electron chi connectivity index (χ4n) is 2.28. The smallest absolute Gasteiger partial charge is 0.248 e. The van der Waals surface area contributed by atoms with Crippen LogP contribution in [0, 0.1) is 0 Å². The van der Waals surface area contributed by atoms with Crippen molar-refractivity contribution in [1.29, 1.82) is 0 Å². The van der Waals surface area contributed by atoms with Crippen molar-refractivity contribution in [1.82, 2.24) is 0 Å². The van der Waals surface area contributed by atoms with Crippen LogP contribution in [-0.2, 0) is 4.79 Å². The average Bonchev–Trinajstić information content (AvgIpc) is 2.82. The maximum absolute atomic E-state index is 12.6. The molecule has 1 heterocycles. The molecule has 0 radical (unpaired) electrons. The van der Waals surface area contributed by atoms with Crippen LogP contribution in [0.4, 0.5) is 11.4 Å². The Labute approximate surface area is 142 Å². The number of benzene rings is 2. The van der Waals surface area contributed by atoms with Gasteiger partial charge in [0.1, 0.15) is 21.1 Å². The van der Waals surface area contributed by atoms with E-state index >= 15 is 0 Å². The maximum atomic E-state index is 12.6. The van der Waals surface area contributed by atoms with Crippen LogP contribution in [0.5, 0.6) is 11.5 Å². The number of hydrogen-bond acceptors (Lipinski definition) is 6. The van der Waals surface area contributed by atoms with Crippen molar-refractivity contribution in [3.63, 3.8) is 0 Å². The van der Waals surface area contributed by atoms with Gasteiger partial charge in [0, 0.05) is 6.54 Å². The number of rotatable bonds is 4. The Morgan fingerprint density at radius 1 is 1.09 bits per heavy atom. The molecule has 2 aromatic rings. The molecule has 1 unspecified atom stereocenters. The molecule has 3 N–H and O–H groups in total. The number of para-hydroxylation sites is 4. The third-order valence-electron chi connectivity index (χ3n) is 3.43. The van der Waals surface area contributed by atoms with Gasteiger partial charge in [0.15, 0.2) is 0 Å². The lowest BCUT2D eigenvalue weighted by molar-refractivity contribution is -0.116. The fourth-order valence-corrected chi connectivity index (χ4v) is 3.73. The molecule has 2 aromatic carbocycles. The predicted octanol–water partition coefficient (Wildman–Crippen LogP) is 2.94. The van der Waals surface area contributed by atoms with Crippen LogP contribution in [-0.4, -0.2) is 32.2 Å². The first-order chi connectivity index (χ1) is 11.1. The van der Waals surface area contributed by atoms with Crippen molar-refractivity contribution in [3.8, 4) is 11.5 Å². The van der Waals surface area contributed by atoms with Crippen LogP contribution in [0.25, 0.3) is 0 Å². The number of anilines is 2. The summed E-state index contributed by atoms with van der Waals surface area (Å²) in [6.45, 7) is 0.325. The second-order valence-corrected chi connectivity index (χ2v) is 6.77. The second-order valence-electron chi connectivity index (χ2n) is 4.93. The summed E-state index contributed by atoms with van der Waals surface area (Å²) in [6, 6.07) is 13.4. The van der Waals surface area contributed by atoms with Gasteiger partial charge < -0.3 is 15.5 Å². The van der Waals surface area contributed by atoms with Crippen molar-refractivity contribution in [3.05, 3.63) is 48.5 Å². The molecule has 1 aliphatic rings. The number of phenolic OH excluding ortho intramolecular Hbond substituents is 2. The van der Waals surface area contributed by atoms with Crippen LogP contribution in [0.1, 0.15) is 0 Å². The molecule has 3 rings (SSSR count). The van der Waals surface area contributed by atoms with Gasteiger partial charge in [-0.2, -0.15) is 0 Å². The highest BCUT2D eigenvalue weighted by molar-refractivity contribution is 8.25. The number of thiocarbonyl (C=S) groups is 1. The van der Waals surface area contributed by atoms with E-state index in [9.17, 15) is 15.0 Å². The number of carbonyl (C=O) groups excluding carboxylic acids is 1. The third-order valence-corrected chi connectivity index (χ3v) is 4.93. The number of nitrogens with zero attached hydrogens (tertiary/aromatic N) is 1. The van der Waals surface area contributed by atoms with Gasteiger partial charge in [-0.1, -0.05) is 48.2 Å². The summed E-state index contributed by atoms with van der Waals surface area (Å²) in [5.74, 6) is -0.0504. The number of amides is 1. The van der Waals surface area contributed by atoms with E-state index in [-0.39, 0.29) is 17.4 Å². The number of nitrogens with one attached hydrogen (secondary N) is 1. The van der Waals surface area contributed by atoms with Crippen LogP contribution >= 0.6 is 24.0 Å². The second kappa shape index (κ2) is 6.47. The Hall–Kier alpha value is -2.25. The average molecular weight is 346 g/mol. The van der Waals surface area contributed by atoms with Gasteiger partial charge >= 0.3 is 0 Å². The summed E-state index contributed by atoms with van der Waals surface area (Å²) in [5.41, 5.74) is 0.952. The van der Waals surface area contributed by atoms with Crippen molar-refractivity contribution < 1.29 is 15.0 Å². The first kappa shape index (κ1) is 15.6. The summed E-state index contributed by atoms with van der Waals surface area (Å²) in [6.07, 6.45) is 0. The number of phenols is 2. The number of aromatic hydroxyl groups is 2. The van der Waals surface area contributed by atoms with E-state index in [1.807, 2.05) is 0 Å². The number of carbonyl (C=O) groups is 1. The zero-order valence-electron chi connectivity index (χ0n) is 12.0. The molecule has 0 saturated carbocycles. The maximum Gasteiger partial charge on any atom is 0.248 e. The van der Waals surface area contributed by atoms with E-state index in [0.717, 1.165) is 0 Å². The van der Waals surface area contributed by atoms with Crippen molar-refractivity contribution in [2.75, 3.05) is 16.8 Å². The fraction of sp³-hybridized carbons (Fsp3) is 0.125. The van der Waals surface area contributed by atoms with E-state index in [1.165, 1.54) is 22.7 Å². The quantitative estimate of drug-likeness (QED) is 0.584. The summed E-state index contributed by atoms with van der Waals surface area (Å²) in [5, 5.41) is 22.3. The highest BCUT2D eigenvalue weighted by Crippen LogP contribution is 2.36. The summed E-state index contributed by atoms with van der Waals surface area (Å²) in [7, 11) is 0. The van der Waals surface area contributed by atoms with Crippen LogP contribution in [0.15, 0.2) is 48.5 Å². The van der Waals surface area contributed by atoms with Gasteiger partial charge in [0.25, 0.3) is 0 Å². The number of thioether (sulfide) groups is 1. The molecule has 1 fully saturated rings. The summed E-state index contributed by atoms with van der Waals surface area (Å²) < 4.78 is 0.403. The van der Waals surface area contributed by atoms with Gasteiger partial charge in [-0.25, -0.2) is 0 Å². The minimum atomic E-state index is -0.415. The molecule has 0 bridgehead atoms. The SMILES string of the molecule is O=C1C(CNc2ccccc2O)SC(=S)N1c1ccccc1O. The van der Waals surface area contributed by atoms with E-state index in [1.54, 1.807) is 42.5 Å². The third kappa shape index (κ3) is 3.11. The highest BCUT2D eigenvalue weighted by Gasteiger charge is 2.38. The molecular weight excluding hydrogens is 332 g/mol. The number of hydrogen-bond donors (Lipinski definition) is 3. The molecular formula is C16H14N2O3S2. The predicted molar refractivity (Wildman–Crippen MR) is 96.2 cm³/mol. The molecule has 23 heavy (non-hydrogen) atoms. The van der Waals surface area contributed by atoms with Crippen LogP contribution < -0.4 is 10.2 Å². The Balaban J connectivity index is 1.74. The minimum Gasteiger partial charge on any atom is -0.506 e. The zero-order valence-corrected chi connectivity index (χ0v) is 13.6. The Morgan fingerprint density at radius 3 is 2.43 bits per heavy atom. The van der Waals surface area contributed by atoms with Gasteiger partial charge in [-0.15, -0.1) is 0 Å². The van der Waals surface area contributed by atoms with Gasteiger partial charge in [-0.05, 0) is 24.3 Å². The molecule has 5 nitrogen and oxygen atoms in total. The molecule has 0 aliphatic carbocycles. The molecule has 1 saturated heterocycles. The summed E-state index contributed by atoms with van der Waals surface area (Å²) in [4.78, 5) is 13.9. The van der Waals surface area contributed by atoms with Crippen molar-refractivity contribution in [2.45, 2.75) is 5.25 Å². The lowest BCUT2D eigenvalue weighted by Crippen LogP contribution is -2.34. The largest absolute Gasteiger partial charge is 0.506 e. The van der Waals surface area contributed by atoms with Gasteiger partial charge in [0.2, 0.25) is 5.91 Å². The standard InChI is InChI=1S/C16H14N2O3S2/c19-12-7-3-1-5-10(12)17-9-14-15(21)18(16(22)23-14)11-6-2-4-8-13(11)20/h1-8,14,17,19-20H,9H2. The first-order valence-corrected chi connectivity index (χ1v) is 8.21. The first-order valence-electron chi connectivity index (χ1n) is 6.92. The Bertz CT molecular complexity index is 766. The Morgan fingerprint density at radius 2 is 1.74 bits per heavy atom. The normalized spacial score (nSPS) is 17.6. The topological polar surface area (TPSA) is 72.8 Å². The van der Waals surface area contributed by atoms with Gasteiger partial charge in [0.05, 0.1) is 11.4 Å². The molecule has 1 atom stereocenters. The van der Waals surface area contributed by atoms with Gasteiger partial charge in [-0.3, -0.25) is 9.69 Å². The Kier molecular flexibility index (Phi) is 4.40.